The second-order valence-corrected chi connectivity index (χ2v) is 5.16. The minimum Gasteiger partial charge on any atom is -0.448 e. The van der Waals surface area contributed by atoms with Crippen molar-refractivity contribution in [2.75, 3.05) is 6.61 Å². The highest BCUT2D eigenvalue weighted by Crippen LogP contribution is 2.28. The lowest BCUT2D eigenvalue weighted by molar-refractivity contribution is 0.0548. The molecule has 106 valence electrons. The number of ether oxygens (including phenoxy) is 1. The third-order valence-electron chi connectivity index (χ3n) is 3.69. The Bertz CT molecular complexity index is 720. The van der Waals surface area contributed by atoms with Crippen LogP contribution in [0.5, 0.6) is 0 Å². The van der Waals surface area contributed by atoms with E-state index in [1.165, 1.54) is 5.56 Å². The number of carbonyl (C=O) groups excluding carboxylic acids is 1. The summed E-state index contributed by atoms with van der Waals surface area (Å²) in [4.78, 5) is 12.1. The summed E-state index contributed by atoms with van der Waals surface area (Å²) in [5.74, 6) is 1.87. The first-order chi connectivity index (χ1) is 10.2. The standard InChI is InChI=1S/C17H16N2O2/c1-3-11-21-17(20)16-14-5-4-6-15(14)19(18-16)13-9-7-12(2)8-10-13/h1,7-10H,4-6,11H2,2H3. The van der Waals surface area contributed by atoms with Gasteiger partial charge in [0.15, 0.2) is 12.3 Å². The van der Waals surface area contributed by atoms with Crippen LogP contribution in [0.1, 0.15) is 33.7 Å². The number of fused-ring (bicyclic) bond motifs is 1. The van der Waals surface area contributed by atoms with Crippen LogP contribution in [0.2, 0.25) is 0 Å². The van der Waals surface area contributed by atoms with Crippen LogP contribution in [0.15, 0.2) is 24.3 Å². The Morgan fingerprint density at radius 3 is 2.86 bits per heavy atom. The maximum atomic E-state index is 12.1. The zero-order chi connectivity index (χ0) is 14.8. The van der Waals surface area contributed by atoms with Gasteiger partial charge in [-0.3, -0.25) is 0 Å². The molecule has 0 N–H and O–H groups in total. The molecule has 0 saturated heterocycles. The molecule has 4 nitrogen and oxygen atoms in total. The van der Waals surface area contributed by atoms with Gasteiger partial charge in [-0.2, -0.15) is 5.10 Å². The predicted octanol–water partition coefficient (Wildman–Crippen LogP) is 2.46. The van der Waals surface area contributed by atoms with Crippen LogP contribution < -0.4 is 0 Å². The van der Waals surface area contributed by atoms with E-state index in [-0.39, 0.29) is 6.61 Å². The van der Waals surface area contributed by atoms with Crippen LogP contribution in [0.25, 0.3) is 5.69 Å². The number of aromatic nitrogens is 2. The number of hydrogen-bond donors (Lipinski definition) is 0. The summed E-state index contributed by atoms with van der Waals surface area (Å²) in [6.45, 7) is 2.02. The number of benzene rings is 1. The number of aryl methyl sites for hydroxylation is 1. The highest BCUT2D eigenvalue weighted by atomic mass is 16.5. The zero-order valence-corrected chi connectivity index (χ0v) is 11.9. The van der Waals surface area contributed by atoms with Crippen LogP contribution >= 0.6 is 0 Å². The van der Waals surface area contributed by atoms with Gasteiger partial charge in [-0.15, -0.1) is 6.42 Å². The molecular formula is C17H16N2O2. The second-order valence-electron chi connectivity index (χ2n) is 5.16. The van der Waals surface area contributed by atoms with Gasteiger partial charge in [-0.25, -0.2) is 9.48 Å². The summed E-state index contributed by atoms with van der Waals surface area (Å²) in [5.41, 5.74) is 4.66. The molecule has 1 aliphatic carbocycles. The summed E-state index contributed by atoms with van der Waals surface area (Å²) in [5, 5.41) is 4.46. The van der Waals surface area contributed by atoms with Gasteiger partial charge in [0, 0.05) is 11.3 Å². The molecule has 0 fully saturated rings. The third kappa shape index (κ3) is 2.43. The van der Waals surface area contributed by atoms with Crippen molar-refractivity contribution in [3.8, 4) is 18.0 Å². The van der Waals surface area contributed by atoms with Crippen LogP contribution in [-0.2, 0) is 17.6 Å². The first-order valence-corrected chi connectivity index (χ1v) is 6.99. The Hall–Kier alpha value is -2.54. The van der Waals surface area contributed by atoms with E-state index < -0.39 is 5.97 Å². The second kappa shape index (κ2) is 5.45. The molecule has 0 spiro atoms. The lowest BCUT2D eigenvalue weighted by Gasteiger charge is -2.05. The van der Waals surface area contributed by atoms with Gasteiger partial charge in [0.05, 0.1) is 5.69 Å². The number of hydrogen-bond acceptors (Lipinski definition) is 3. The summed E-state index contributed by atoms with van der Waals surface area (Å²) in [6, 6.07) is 8.10. The first-order valence-electron chi connectivity index (χ1n) is 6.99. The monoisotopic (exact) mass is 280 g/mol. The van der Waals surface area contributed by atoms with Gasteiger partial charge in [0.25, 0.3) is 0 Å². The zero-order valence-electron chi connectivity index (χ0n) is 11.9. The van der Waals surface area contributed by atoms with E-state index in [4.69, 9.17) is 11.2 Å². The number of esters is 1. The minimum absolute atomic E-state index is 0.0228. The normalized spacial score (nSPS) is 12.8. The molecule has 0 radical (unpaired) electrons. The van der Waals surface area contributed by atoms with Gasteiger partial charge in [0.1, 0.15) is 0 Å². The number of terminal acetylenes is 1. The van der Waals surface area contributed by atoms with Crippen LogP contribution in [0, 0.1) is 19.3 Å². The molecule has 2 aromatic rings. The molecule has 0 amide bonds. The summed E-state index contributed by atoms with van der Waals surface area (Å²) in [6.07, 6.45) is 7.95. The van der Waals surface area contributed by atoms with Crippen molar-refractivity contribution in [1.29, 1.82) is 0 Å². The lowest BCUT2D eigenvalue weighted by atomic mass is 10.2. The van der Waals surface area contributed by atoms with Crippen LogP contribution in [0.3, 0.4) is 0 Å². The van der Waals surface area contributed by atoms with Gasteiger partial charge < -0.3 is 4.74 Å². The van der Waals surface area contributed by atoms with Crippen molar-refractivity contribution in [1.82, 2.24) is 9.78 Å². The molecule has 0 aliphatic heterocycles. The quantitative estimate of drug-likeness (QED) is 0.641. The maximum absolute atomic E-state index is 12.1. The minimum atomic E-state index is -0.433. The number of rotatable bonds is 3. The number of nitrogens with zero attached hydrogens (tertiary/aromatic N) is 2. The Morgan fingerprint density at radius 2 is 2.14 bits per heavy atom. The maximum Gasteiger partial charge on any atom is 0.360 e. The Labute approximate surface area is 123 Å². The largest absolute Gasteiger partial charge is 0.448 e. The van der Waals surface area contributed by atoms with Crippen molar-refractivity contribution in [3.63, 3.8) is 0 Å². The molecule has 1 aromatic carbocycles. The molecule has 0 bridgehead atoms. The van der Waals surface area contributed by atoms with E-state index in [2.05, 4.69) is 11.0 Å². The molecule has 1 aliphatic rings. The van der Waals surface area contributed by atoms with Crippen molar-refractivity contribution in [3.05, 3.63) is 46.8 Å². The molecule has 1 heterocycles. The van der Waals surface area contributed by atoms with Gasteiger partial charge >= 0.3 is 5.97 Å². The SMILES string of the molecule is C#CCOC(=O)c1nn(-c2ccc(C)cc2)c2c1CCC2. The highest BCUT2D eigenvalue weighted by molar-refractivity contribution is 5.89. The smallest absolute Gasteiger partial charge is 0.360 e. The van der Waals surface area contributed by atoms with Gasteiger partial charge in [-0.1, -0.05) is 23.6 Å². The van der Waals surface area contributed by atoms with Crippen LogP contribution in [0.4, 0.5) is 0 Å². The summed E-state index contributed by atoms with van der Waals surface area (Å²) >= 11 is 0. The first kappa shape index (κ1) is 13.4. The third-order valence-corrected chi connectivity index (χ3v) is 3.69. The van der Waals surface area contributed by atoms with Crippen molar-refractivity contribution in [2.24, 2.45) is 0 Å². The molecule has 0 saturated carbocycles. The van der Waals surface area contributed by atoms with E-state index in [9.17, 15) is 4.79 Å². The van der Waals surface area contributed by atoms with E-state index in [0.717, 1.165) is 36.2 Å². The van der Waals surface area contributed by atoms with Crippen molar-refractivity contribution < 1.29 is 9.53 Å². The molecule has 21 heavy (non-hydrogen) atoms. The molecule has 3 rings (SSSR count). The summed E-state index contributed by atoms with van der Waals surface area (Å²) < 4.78 is 6.88. The van der Waals surface area contributed by atoms with E-state index in [1.54, 1.807) is 0 Å². The molecule has 0 atom stereocenters. The molecule has 0 unspecified atom stereocenters. The Balaban J connectivity index is 2.01. The van der Waals surface area contributed by atoms with Crippen molar-refractivity contribution >= 4 is 5.97 Å². The van der Waals surface area contributed by atoms with E-state index in [0.29, 0.717) is 5.69 Å². The molecular weight excluding hydrogens is 264 g/mol. The molecule has 4 heteroatoms. The van der Waals surface area contributed by atoms with E-state index >= 15 is 0 Å². The lowest BCUT2D eigenvalue weighted by Crippen LogP contribution is -2.09. The fourth-order valence-electron chi connectivity index (χ4n) is 2.68. The average molecular weight is 280 g/mol. The predicted molar refractivity (Wildman–Crippen MR) is 79.4 cm³/mol. The summed E-state index contributed by atoms with van der Waals surface area (Å²) in [7, 11) is 0. The number of carbonyl (C=O) groups is 1. The Kier molecular flexibility index (Phi) is 3.49. The molecule has 1 aromatic heterocycles. The van der Waals surface area contributed by atoms with Gasteiger partial charge in [-0.05, 0) is 38.3 Å². The van der Waals surface area contributed by atoms with E-state index in [1.807, 2.05) is 35.9 Å². The topological polar surface area (TPSA) is 44.1 Å². The van der Waals surface area contributed by atoms with Gasteiger partial charge in [0.2, 0.25) is 0 Å². The van der Waals surface area contributed by atoms with Crippen LogP contribution in [-0.4, -0.2) is 22.4 Å². The average Bonchev–Trinajstić information content (AvgIpc) is 3.08. The fourth-order valence-corrected chi connectivity index (χ4v) is 2.68. The Morgan fingerprint density at radius 1 is 1.38 bits per heavy atom. The highest BCUT2D eigenvalue weighted by Gasteiger charge is 2.27. The fraction of sp³-hybridized carbons (Fsp3) is 0.294. The van der Waals surface area contributed by atoms with Crippen molar-refractivity contribution in [2.45, 2.75) is 26.2 Å².